The van der Waals surface area contributed by atoms with Gasteiger partial charge in [-0.15, -0.1) is 0 Å². The molecule has 0 aliphatic rings. The molecule has 0 spiro atoms. The normalized spacial score (nSPS) is 12.0. The van der Waals surface area contributed by atoms with Crippen LogP contribution in [-0.4, -0.2) is 44.4 Å². The fourth-order valence-electron chi connectivity index (χ4n) is 3.74. The number of rotatable bonds is 10. The maximum absolute atomic E-state index is 10.9. The van der Waals surface area contributed by atoms with Gasteiger partial charge >= 0.3 is 11.9 Å². The third-order valence-corrected chi connectivity index (χ3v) is 12.3. The first-order valence-electron chi connectivity index (χ1n) is 12.9. The number of hydrogen-bond acceptors (Lipinski definition) is 8. The van der Waals surface area contributed by atoms with Gasteiger partial charge in [0.1, 0.15) is 35.1 Å². The van der Waals surface area contributed by atoms with Gasteiger partial charge in [-0.1, -0.05) is 6.07 Å². The summed E-state index contributed by atoms with van der Waals surface area (Å²) in [6.45, 7) is 0. The highest BCUT2D eigenvalue weighted by Gasteiger charge is 2.19. The second-order valence-corrected chi connectivity index (χ2v) is 17.5. The van der Waals surface area contributed by atoms with Gasteiger partial charge in [-0.05, 0) is 231 Å². The molecular formula is C30H23I7N2O8. The van der Waals surface area contributed by atoms with Gasteiger partial charge in [-0.25, -0.2) is 0 Å². The molecule has 4 aromatic carbocycles. The Morgan fingerprint density at radius 2 is 1.02 bits per heavy atom. The van der Waals surface area contributed by atoms with Crippen molar-refractivity contribution in [2.24, 2.45) is 11.5 Å². The predicted molar refractivity (Wildman–Crippen MR) is 237 cm³/mol. The average Bonchev–Trinajstić information content (AvgIpc) is 2.99. The van der Waals surface area contributed by atoms with Crippen molar-refractivity contribution in [2.45, 2.75) is 24.9 Å². The van der Waals surface area contributed by atoms with Crippen LogP contribution in [0.1, 0.15) is 11.1 Å². The van der Waals surface area contributed by atoms with Crippen LogP contribution in [0.4, 0.5) is 0 Å². The largest absolute Gasteiger partial charge is 0.507 e. The number of halogens is 7. The third-order valence-electron chi connectivity index (χ3n) is 6.06. The summed E-state index contributed by atoms with van der Waals surface area (Å²) in [5.41, 5.74) is 12.9. The Kier molecular flexibility index (Phi) is 16.8. The van der Waals surface area contributed by atoms with E-state index >= 15 is 0 Å². The molecule has 4 rings (SSSR count). The summed E-state index contributed by atoms with van der Waals surface area (Å²) in [7, 11) is 0. The van der Waals surface area contributed by atoms with Crippen molar-refractivity contribution >= 4 is 170 Å². The second kappa shape index (κ2) is 19.0. The van der Waals surface area contributed by atoms with Crippen molar-refractivity contribution in [2.75, 3.05) is 0 Å². The molecule has 0 saturated heterocycles. The number of nitrogens with two attached hydrogens (primary N) is 2. The first-order chi connectivity index (χ1) is 22.0. The van der Waals surface area contributed by atoms with E-state index in [-0.39, 0.29) is 24.3 Å². The van der Waals surface area contributed by atoms with Crippen molar-refractivity contribution < 1.29 is 39.5 Å². The fourth-order valence-corrected chi connectivity index (χ4v) is 9.99. The Bertz CT molecular complexity index is 1760. The minimum absolute atomic E-state index is 0.164. The number of aliphatic carboxylic acids is 2. The van der Waals surface area contributed by atoms with Crippen LogP contribution in [0.2, 0.25) is 0 Å². The third kappa shape index (κ3) is 11.8. The van der Waals surface area contributed by atoms with Crippen molar-refractivity contribution in [1.82, 2.24) is 0 Å². The summed E-state index contributed by atoms with van der Waals surface area (Å²) in [6.07, 6.45) is 0.509. The number of ether oxygens (including phenoxy) is 2. The molecule has 0 unspecified atom stereocenters. The standard InChI is InChI=1S/C15H11I4NO4.C15H12I3NO4/c16-7-1-2-11(12(19)13(7)21)24-14-8(17)3-6(4-9(14)18)5-10(20)15(22)23;16-8-4-7(6-10(19)15(21)22)5-9(17)14(8)23-12-3-1-2-11(20)13(12)18/h1-4,10,21H,5,20H2,(H,22,23);1-5,10,20H,6,19H2,(H,21,22)/t2*10-/m11/s1. The predicted octanol–water partition coefficient (Wildman–Crippen LogP) is 8.51. The topological polar surface area (TPSA) is 186 Å². The lowest BCUT2D eigenvalue weighted by atomic mass is 10.1. The van der Waals surface area contributed by atoms with E-state index in [0.717, 1.165) is 29.0 Å². The molecule has 4 aromatic rings. The highest BCUT2D eigenvalue weighted by Crippen LogP contribution is 2.40. The van der Waals surface area contributed by atoms with Gasteiger partial charge in [0.2, 0.25) is 0 Å². The van der Waals surface area contributed by atoms with Crippen LogP contribution >= 0.6 is 158 Å². The monoisotopic (exact) mass is 1430 g/mol. The van der Waals surface area contributed by atoms with Crippen molar-refractivity contribution in [3.8, 4) is 34.5 Å². The molecule has 0 aliphatic heterocycles. The van der Waals surface area contributed by atoms with Crippen LogP contribution in [0, 0.1) is 25.0 Å². The Labute approximate surface area is 365 Å². The van der Waals surface area contributed by atoms with E-state index < -0.39 is 24.0 Å². The van der Waals surface area contributed by atoms with Gasteiger partial charge in [-0.3, -0.25) is 9.59 Å². The maximum atomic E-state index is 10.9. The van der Waals surface area contributed by atoms with Crippen LogP contribution in [0.25, 0.3) is 0 Å². The Hall–Kier alpha value is 0.0500. The Balaban J connectivity index is 0.000000256. The summed E-state index contributed by atoms with van der Waals surface area (Å²) in [5, 5.41) is 37.6. The summed E-state index contributed by atoms with van der Waals surface area (Å²) in [4.78, 5) is 21.8. The number of hydrogen-bond donors (Lipinski definition) is 6. The van der Waals surface area contributed by atoms with E-state index in [2.05, 4.69) is 113 Å². The van der Waals surface area contributed by atoms with Gasteiger partial charge in [0, 0.05) is 0 Å². The van der Waals surface area contributed by atoms with Crippen LogP contribution < -0.4 is 20.9 Å². The number of carbonyl (C=O) groups is 2. The van der Waals surface area contributed by atoms with Crippen molar-refractivity contribution in [1.29, 1.82) is 0 Å². The molecule has 2 atom stereocenters. The zero-order valence-electron chi connectivity index (χ0n) is 23.5. The average molecular weight is 1430 g/mol. The maximum Gasteiger partial charge on any atom is 0.320 e. The van der Waals surface area contributed by atoms with Crippen LogP contribution in [0.5, 0.6) is 34.5 Å². The number of aromatic hydroxyl groups is 2. The van der Waals surface area contributed by atoms with Gasteiger partial charge in [-0.2, -0.15) is 0 Å². The van der Waals surface area contributed by atoms with E-state index in [4.69, 9.17) is 31.2 Å². The smallest absolute Gasteiger partial charge is 0.320 e. The van der Waals surface area contributed by atoms with Gasteiger partial charge in [0.15, 0.2) is 11.5 Å². The molecule has 0 aromatic heterocycles. The minimum Gasteiger partial charge on any atom is -0.507 e. The van der Waals surface area contributed by atoms with E-state index in [9.17, 15) is 19.8 Å². The first kappa shape index (κ1) is 41.5. The SMILES string of the molecule is N[C@H](Cc1cc(I)c(Oc2ccc(I)c(O)c2I)c(I)c1)C(=O)O.N[C@H](Cc1cc(I)c(Oc2cccc(O)c2I)c(I)c1)C(=O)O. The molecule has 10 nitrogen and oxygen atoms in total. The highest BCUT2D eigenvalue weighted by molar-refractivity contribution is 14.1. The van der Waals surface area contributed by atoms with Gasteiger partial charge in [0.05, 0.1) is 25.0 Å². The van der Waals surface area contributed by atoms with Crippen LogP contribution in [0.15, 0.2) is 54.6 Å². The molecule has 47 heavy (non-hydrogen) atoms. The molecule has 8 N–H and O–H groups in total. The molecule has 0 saturated carbocycles. The molecular weight excluding hydrogens is 1400 g/mol. The molecule has 0 heterocycles. The molecule has 0 fully saturated rings. The number of carboxylic acid groups (broad SMARTS) is 2. The number of phenolic OH excluding ortho intramolecular Hbond substituents is 2. The van der Waals surface area contributed by atoms with Crippen LogP contribution in [0.3, 0.4) is 0 Å². The first-order valence-corrected chi connectivity index (χ1v) is 20.5. The lowest BCUT2D eigenvalue weighted by molar-refractivity contribution is -0.139. The number of carboxylic acids is 2. The van der Waals surface area contributed by atoms with Gasteiger partial charge < -0.3 is 41.4 Å². The molecule has 0 amide bonds. The number of benzene rings is 4. The number of phenols is 2. The van der Waals surface area contributed by atoms with Crippen molar-refractivity contribution in [3.05, 3.63) is 90.7 Å². The Morgan fingerprint density at radius 1 is 0.617 bits per heavy atom. The summed E-state index contributed by atoms with van der Waals surface area (Å²) < 4.78 is 17.3. The summed E-state index contributed by atoms with van der Waals surface area (Å²) in [5.74, 6) is 0.786. The second-order valence-electron chi connectivity index (χ2n) is 9.58. The zero-order chi connectivity index (χ0) is 35.2. The summed E-state index contributed by atoms with van der Waals surface area (Å²) in [6, 6.07) is 14.3. The van der Waals surface area contributed by atoms with E-state index in [1.54, 1.807) is 24.3 Å². The van der Waals surface area contributed by atoms with Gasteiger partial charge in [0.25, 0.3) is 0 Å². The van der Waals surface area contributed by atoms with E-state index in [1.807, 2.05) is 75.5 Å². The quantitative estimate of drug-likeness (QED) is 0.0842. The highest BCUT2D eigenvalue weighted by atomic mass is 127. The lowest BCUT2D eigenvalue weighted by Gasteiger charge is -2.15. The molecule has 0 radical (unpaired) electrons. The van der Waals surface area contributed by atoms with E-state index in [1.165, 1.54) is 0 Å². The van der Waals surface area contributed by atoms with Crippen molar-refractivity contribution in [3.63, 3.8) is 0 Å². The fraction of sp³-hybridized carbons (Fsp3) is 0.133. The molecule has 0 bridgehead atoms. The molecule has 0 aliphatic carbocycles. The summed E-state index contributed by atoms with van der Waals surface area (Å²) >= 11 is 14.7. The zero-order valence-corrected chi connectivity index (χ0v) is 38.6. The molecule has 17 heteroatoms. The Morgan fingerprint density at radius 3 is 1.43 bits per heavy atom. The van der Waals surface area contributed by atoms with Crippen LogP contribution in [-0.2, 0) is 22.4 Å². The molecule has 250 valence electrons. The lowest BCUT2D eigenvalue weighted by Crippen LogP contribution is -2.32. The minimum atomic E-state index is -1.02. The van der Waals surface area contributed by atoms with E-state index in [0.29, 0.717) is 30.1 Å².